The number of rotatable bonds is 7. The quantitative estimate of drug-likeness (QED) is 0.414. The molecule has 0 bridgehead atoms. The maximum atomic E-state index is 5.96. The van der Waals surface area contributed by atoms with E-state index in [-0.39, 0.29) is 0 Å². The van der Waals surface area contributed by atoms with Gasteiger partial charge in [0.2, 0.25) is 5.88 Å². The first-order valence-electron chi connectivity index (χ1n) is 8.51. The highest BCUT2D eigenvalue weighted by Gasteiger charge is 2.10. The van der Waals surface area contributed by atoms with Crippen LogP contribution in [0, 0.1) is 13.8 Å². The van der Waals surface area contributed by atoms with E-state index in [2.05, 4.69) is 16.0 Å². The maximum Gasteiger partial charge on any atom is 0.223 e. The second-order valence-electron chi connectivity index (χ2n) is 6.03. The number of hydrogen-bond acceptors (Lipinski definition) is 6. The summed E-state index contributed by atoms with van der Waals surface area (Å²) in [5.74, 6) is 3.39. The predicted molar refractivity (Wildman–Crippen MR) is 107 cm³/mol. The molecule has 0 aliphatic carbocycles. The van der Waals surface area contributed by atoms with E-state index in [1.165, 1.54) is 0 Å². The molecular formula is C21H22N2O3S. The smallest absolute Gasteiger partial charge is 0.223 e. The molecule has 0 aliphatic heterocycles. The lowest BCUT2D eigenvalue weighted by atomic mass is 10.2. The van der Waals surface area contributed by atoms with Gasteiger partial charge in [-0.25, -0.2) is 4.98 Å². The van der Waals surface area contributed by atoms with E-state index in [0.717, 1.165) is 28.3 Å². The summed E-state index contributed by atoms with van der Waals surface area (Å²) in [4.78, 5) is 9.03. The van der Waals surface area contributed by atoms with Gasteiger partial charge in [0, 0.05) is 17.5 Å². The number of methoxy groups -OCH3 is 2. The molecule has 0 fully saturated rings. The molecule has 0 atom stereocenters. The third kappa shape index (κ3) is 5.14. The van der Waals surface area contributed by atoms with Gasteiger partial charge >= 0.3 is 0 Å². The van der Waals surface area contributed by atoms with Crippen molar-refractivity contribution >= 4 is 11.8 Å². The zero-order valence-corrected chi connectivity index (χ0v) is 16.7. The molecule has 0 radical (unpaired) electrons. The van der Waals surface area contributed by atoms with Crippen LogP contribution in [0.15, 0.2) is 53.7 Å². The first kappa shape index (κ1) is 19.0. The summed E-state index contributed by atoms with van der Waals surface area (Å²) in [6.45, 7) is 3.94. The summed E-state index contributed by atoms with van der Waals surface area (Å²) >= 11 is 1.55. The van der Waals surface area contributed by atoms with Gasteiger partial charge in [0.05, 0.1) is 14.2 Å². The molecule has 0 unspecified atom stereocenters. The molecular weight excluding hydrogens is 360 g/mol. The van der Waals surface area contributed by atoms with Crippen molar-refractivity contribution in [2.45, 2.75) is 24.8 Å². The maximum absolute atomic E-state index is 5.96. The number of benzene rings is 2. The molecule has 0 spiro atoms. The zero-order chi connectivity index (χ0) is 19.2. The summed E-state index contributed by atoms with van der Waals surface area (Å²) in [6.07, 6.45) is 0. The Morgan fingerprint density at radius 2 is 1.74 bits per heavy atom. The van der Waals surface area contributed by atoms with E-state index < -0.39 is 0 Å². The Morgan fingerprint density at radius 3 is 2.52 bits per heavy atom. The normalized spacial score (nSPS) is 10.5. The zero-order valence-electron chi connectivity index (χ0n) is 15.9. The SMILES string of the molecule is COc1cccc(CSc2nc(C)cc(Oc3ccc(C)cc3OC)n2)c1. The predicted octanol–water partition coefficient (Wildman–Crippen LogP) is 5.20. The van der Waals surface area contributed by atoms with E-state index >= 15 is 0 Å². The number of aromatic nitrogens is 2. The number of hydrogen-bond donors (Lipinski definition) is 0. The fraction of sp³-hybridized carbons (Fsp3) is 0.238. The Hall–Kier alpha value is -2.73. The van der Waals surface area contributed by atoms with Crippen LogP contribution < -0.4 is 14.2 Å². The Kier molecular flexibility index (Phi) is 6.19. The van der Waals surface area contributed by atoms with Crippen molar-refractivity contribution in [1.82, 2.24) is 9.97 Å². The van der Waals surface area contributed by atoms with Crippen LogP contribution in [0.5, 0.6) is 23.1 Å². The second kappa shape index (κ2) is 8.77. The molecule has 0 amide bonds. The third-order valence-electron chi connectivity index (χ3n) is 3.85. The molecule has 0 aliphatic rings. The van der Waals surface area contributed by atoms with E-state index in [0.29, 0.717) is 22.5 Å². The summed E-state index contributed by atoms with van der Waals surface area (Å²) in [5, 5.41) is 0.666. The fourth-order valence-corrected chi connectivity index (χ4v) is 3.35. The van der Waals surface area contributed by atoms with Crippen molar-refractivity contribution in [3.63, 3.8) is 0 Å². The van der Waals surface area contributed by atoms with Crippen molar-refractivity contribution < 1.29 is 14.2 Å². The Labute approximate surface area is 163 Å². The largest absolute Gasteiger partial charge is 0.497 e. The molecule has 27 heavy (non-hydrogen) atoms. The average molecular weight is 382 g/mol. The lowest BCUT2D eigenvalue weighted by Gasteiger charge is -2.11. The second-order valence-corrected chi connectivity index (χ2v) is 6.97. The number of thioether (sulfide) groups is 1. The first-order valence-corrected chi connectivity index (χ1v) is 9.50. The van der Waals surface area contributed by atoms with Gasteiger partial charge < -0.3 is 14.2 Å². The Bertz CT molecular complexity index is 931. The number of aryl methyl sites for hydroxylation is 2. The van der Waals surface area contributed by atoms with E-state index in [1.807, 2.05) is 56.3 Å². The number of ether oxygens (including phenoxy) is 3. The van der Waals surface area contributed by atoms with Crippen LogP contribution >= 0.6 is 11.8 Å². The monoisotopic (exact) mass is 382 g/mol. The van der Waals surface area contributed by atoms with E-state index in [4.69, 9.17) is 14.2 Å². The molecule has 6 heteroatoms. The van der Waals surface area contributed by atoms with Gasteiger partial charge in [-0.05, 0) is 49.2 Å². The highest BCUT2D eigenvalue weighted by atomic mass is 32.2. The minimum absolute atomic E-state index is 0.498. The minimum Gasteiger partial charge on any atom is -0.497 e. The van der Waals surface area contributed by atoms with Crippen molar-refractivity contribution in [2.24, 2.45) is 0 Å². The van der Waals surface area contributed by atoms with Crippen molar-refractivity contribution in [3.05, 3.63) is 65.4 Å². The molecule has 0 saturated heterocycles. The van der Waals surface area contributed by atoms with Crippen LogP contribution in [0.4, 0.5) is 0 Å². The van der Waals surface area contributed by atoms with Gasteiger partial charge in [0.15, 0.2) is 16.7 Å². The lowest BCUT2D eigenvalue weighted by molar-refractivity contribution is 0.372. The van der Waals surface area contributed by atoms with Gasteiger partial charge in [-0.1, -0.05) is 30.0 Å². The number of nitrogens with zero attached hydrogens (tertiary/aromatic N) is 2. The molecule has 0 N–H and O–H groups in total. The molecule has 3 rings (SSSR count). The molecule has 0 saturated carbocycles. The van der Waals surface area contributed by atoms with Gasteiger partial charge in [-0.2, -0.15) is 4.98 Å². The van der Waals surface area contributed by atoms with Crippen LogP contribution in [0.1, 0.15) is 16.8 Å². The molecule has 140 valence electrons. The molecule has 1 aromatic heterocycles. The van der Waals surface area contributed by atoms with Crippen molar-refractivity contribution in [3.8, 4) is 23.1 Å². The lowest BCUT2D eigenvalue weighted by Crippen LogP contribution is -1.97. The summed E-state index contributed by atoms with van der Waals surface area (Å²) in [7, 11) is 3.29. The van der Waals surface area contributed by atoms with Crippen LogP contribution in [-0.2, 0) is 5.75 Å². The Balaban J connectivity index is 1.76. The third-order valence-corrected chi connectivity index (χ3v) is 4.76. The fourth-order valence-electron chi connectivity index (χ4n) is 2.51. The first-order chi connectivity index (χ1) is 13.1. The van der Waals surface area contributed by atoms with Gasteiger partial charge in [0.1, 0.15) is 5.75 Å². The summed E-state index contributed by atoms with van der Waals surface area (Å²) in [6, 6.07) is 15.6. The van der Waals surface area contributed by atoms with E-state index in [9.17, 15) is 0 Å². The summed E-state index contributed by atoms with van der Waals surface area (Å²) < 4.78 is 16.6. The summed E-state index contributed by atoms with van der Waals surface area (Å²) in [5.41, 5.74) is 3.10. The van der Waals surface area contributed by atoms with Gasteiger partial charge in [0.25, 0.3) is 0 Å². The minimum atomic E-state index is 0.498. The molecule has 1 heterocycles. The average Bonchev–Trinajstić information content (AvgIpc) is 2.67. The molecule has 2 aromatic carbocycles. The highest BCUT2D eigenvalue weighted by molar-refractivity contribution is 7.98. The van der Waals surface area contributed by atoms with Crippen LogP contribution in [0.2, 0.25) is 0 Å². The van der Waals surface area contributed by atoms with Crippen LogP contribution in [-0.4, -0.2) is 24.2 Å². The van der Waals surface area contributed by atoms with Crippen molar-refractivity contribution in [1.29, 1.82) is 0 Å². The van der Waals surface area contributed by atoms with Crippen LogP contribution in [0.25, 0.3) is 0 Å². The highest BCUT2D eigenvalue weighted by Crippen LogP contribution is 2.32. The standard InChI is InChI=1S/C21H22N2O3S/c1-14-8-9-18(19(10-14)25-4)26-20-11-15(2)22-21(23-20)27-13-16-6-5-7-17(12-16)24-3/h5-12H,13H2,1-4H3. The van der Waals surface area contributed by atoms with Gasteiger partial charge in [-0.15, -0.1) is 0 Å². The topological polar surface area (TPSA) is 53.5 Å². The van der Waals surface area contributed by atoms with Crippen LogP contribution in [0.3, 0.4) is 0 Å². The van der Waals surface area contributed by atoms with E-state index in [1.54, 1.807) is 26.0 Å². The van der Waals surface area contributed by atoms with Gasteiger partial charge in [-0.3, -0.25) is 0 Å². The molecule has 5 nitrogen and oxygen atoms in total. The molecule has 3 aromatic rings. The Morgan fingerprint density at radius 1 is 0.889 bits per heavy atom. The van der Waals surface area contributed by atoms with Crippen molar-refractivity contribution in [2.75, 3.05) is 14.2 Å².